The Labute approximate surface area is 477 Å². The lowest BCUT2D eigenvalue weighted by molar-refractivity contribution is -0.370. The third-order valence-electron chi connectivity index (χ3n) is 13.9. The minimum atomic E-state index is -1.50. The van der Waals surface area contributed by atoms with Gasteiger partial charge in [0.25, 0.3) is 0 Å². The molecule has 0 unspecified atom stereocenters. The van der Waals surface area contributed by atoms with Crippen molar-refractivity contribution in [3.05, 3.63) is 287 Å². The van der Waals surface area contributed by atoms with Gasteiger partial charge in [0.15, 0.2) is 24.8 Å². The van der Waals surface area contributed by atoms with Crippen molar-refractivity contribution in [1.29, 1.82) is 0 Å². The highest BCUT2D eigenvalue weighted by atomic mass is 16.8. The first-order chi connectivity index (χ1) is 40.4. The Balaban J connectivity index is 1.09. The second-order valence-electron chi connectivity index (χ2n) is 19.7. The quantitative estimate of drug-likeness (QED) is 0.0394. The second kappa shape index (κ2) is 29.5. The van der Waals surface area contributed by atoms with Crippen molar-refractivity contribution in [2.75, 3.05) is 13.2 Å². The summed E-state index contributed by atoms with van der Waals surface area (Å²) in [7, 11) is 0. The minimum absolute atomic E-state index is 0.0166. The van der Waals surface area contributed by atoms with Crippen LogP contribution in [0.2, 0.25) is 0 Å². The Morgan fingerprint density at radius 3 is 1.10 bits per heavy atom. The fourth-order valence-corrected chi connectivity index (χ4v) is 9.68. The molecule has 0 bridgehead atoms. The zero-order valence-electron chi connectivity index (χ0n) is 45.0. The van der Waals surface area contributed by atoms with Crippen molar-refractivity contribution in [3.63, 3.8) is 0 Å². The summed E-state index contributed by atoms with van der Waals surface area (Å²) in [6.45, 7) is -0.0201. The molecule has 8 aromatic carbocycles. The summed E-state index contributed by atoms with van der Waals surface area (Å²) in [5, 5.41) is 0. The minimum Gasteiger partial charge on any atom is -0.459 e. The van der Waals surface area contributed by atoms with Crippen LogP contribution in [-0.2, 0) is 85.1 Å². The third kappa shape index (κ3) is 15.8. The summed E-state index contributed by atoms with van der Waals surface area (Å²) in [4.78, 5) is 43.0. The maximum Gasteiger partial charge on any atom is 0.338 e. The number of carbonyl (C=O) groups excluding carboxylic acids is 3. The Morgan fingerprint density at radius 1 is 0.305 bits per heavy atom. The van der Waals surface area contributed by atoms with E-state index >= 15 is 0 Å². The molecular weight excluding hydrogens is 1040 g/mol. The third-order valence-corrected chi connectivity index (χ3v) is 13.9. The van der Waals surface area contributed by atoms with E-state index in [2.05, 4.69) is 0 Å². The van der Waals surface area contributed by atoms with E-state index < -0.39 is 79.3 Å². The SMILES string of the molecule is O=C(OC[C@H]1O[C@H](O[C@H]2[C@H](OC(=O)c3ccccc3)[C@H](OC(=O)c3ccccc3)[C@@H](OCc3ccccc3)O[C@@H]2COCc2ccccc2)[C@@H](OCc2ccccc2)[C@@H](OCc2ccccc2)[C@@H]1OCc1ccccc1)c1ccccc1. The van der Waals surface area contributed by atoms with Crippen LogP contribution in [0, 0.1) is 0 Å². The lowest BCUT2D eigenvalue weighted by Crippen LogP contribution is -2.67. The largest absolute Gasteiger partial charge is 0.459 e. The van der Waals surface area contributed by atoms with Crippen LogP contribution in [0.4, 0.5) is 0 Å². The number of carbonyl (C=O) groups is 3. The van der Waals surface area contributed by atoms with Gasteiger partial charge in [0.05, 0.1) is 56.3 Å². The molecule has 420 valence electrons. The summed E-state index contributed by atoms with van der Waals surface area (Å²) >= 11 is 0. The predicted octanol–water partition coefficient (Wildman–Crippen LogP) is 11.3. The summed E-state index contributed by atoms with van der Waals surface area (Å²) in [5.41, 5.74) is 5.00. The van der Waals surface area contributed by atoms with Gasteiger partial charge in [0, 0.05) is 0 Å². The molecule has 0 aliphatic carbocycles. The lowest BCUT2D eigenvalue weighted by atomic mass is 9.95. The average Bonchev–Trinajstić information content (AvgIpc) is 3.64. The molecule has 0 spiro atoms. The number of ether oxygens (including phenoxy) is 11. The number of hydrogen-bond acceptors (Lipinski definition) is 14. The lowest BCUT2D eigenvalue weighted by Gasteiger charge is -2.49. The van der Waals surface area contributed by atoms with Crippen LogP contribution in [-0.4, -0.2) is 92.5 Å². The van der Waals surface area contributed by atoms with Gasteiger partial charge in [0.2, 0.25) is 0 Å². The first kappa shape index (κ1) is 57.1. The van der Waals surface area contributed by atoms with Crippen molar-refractivity contribution in [2.45, 2.75) is 94.4 Å². The van der Waals surface area contributed by atoms with Crippen LogP contribution in [0.5, 0.6) is 0 Å². The van der Waals surface area contributed by atoms with E-state index in [0.717, 1.165) is 27.8 Å². The highest BCUT2D eigenvalue weighted by Gasteiger charge is 2.56. The molecule has 0 radical (unpaired) electrons. The topological polar surface area (TPSA) is 153 Å². The van der Waals surface area contributed by atoms with E-state index in [1.165, 1.54) is 0 Å². The van der Waals surface area contributed by atoms with Crippen molar-refractivity contribution in [3.8, 4) is 0 Å². The predicted molar refractivity (Wildman–Crippen MR) is 303 cm³/mol. The summed E-state index contributed by atoms with van der Waals surface area (Å²) < 4.78 is 74.7. The normalized spacial score (nSPS) is 22.3. The number of rotatable bonds is 25. The Morgan fingerprint density at radius 2 is 0.646 bits per heavy atom. The Kier molecular flexibility index (Phi) is 20.6. The van der Waals surface area contributed by atoms with Gasteiger partial charge in [-0.2, -0.15) is 0 Å². The van der Waals surface area contributed by atoms with Crippen molar-refractivity contribution < 1.29 is 66.5 Å². The van der Waals surface area contributed by atoms with Crippen LogP contribution in [0.25, 0.3) is 0 Å². The molecular formula is C68H64O14. The Hall–Kier alpha value is -8.15. The van der Waals surface area contributed by atoms with Gasteiger partial charge >= 0.3 is 17.9 Å². The molecule has 0 amide bonds. The number of esters is 3. The molecule has 0 aromatic heterocycles. The highest BCUT2D eigenvalue weighted by molar-refractivity contribution is 5.90. The smallest absolute Gasteiger partial charge is 0.338 e. The van der Waals surface area contributed by atoms with Crippen LogP contribution in [0.15, 0.2) is 243 Å². The van der Waals surface area contributed by atoms with Crippen LogP contribution in [0.1, 0.15) is 58.9 Å². The number of hydrogen-bond donors (Lipinski definition) is 0. The zero-order valence-corrected chi connectivity index (χ0v) is 45.0. The van der Waals surface area contributed by atoms with Crippen molar-refractivity contribution in [1.82, 2.24) is 0 Å². The van der Waals surface area contributed by atoms with E-state index in [1.54, 1.807) is 84.9 Å². The molecule has 14 nitrogen and oxygen atoms in total. The van der Waals surface area contributed by atoms with Crippen LogP contribution >= 0.6 is 0 Å². The summed E-state index contributed by atoms with van der Waals surface area (Å²) in [6, 6.07) is 73.5. The van der Waals surface area contributed by atoms with Crippen molar-refractivity contribution in [2.24, 2.45) is 0 Å². The average molecular weight is 1110 g/mol. The molecule has 2 saturated heterocycles. The fraction of sp³-hybridized carbons (Fsp3) is 0.250. The molecule has 8 aromatic rings. The van der Waals surface area contributed by atoms with Gasteiger partial charge < -0.3 is 52.1 Å². The van der Waals surface area contributed by atoms with Gasteiger partial charge in [0.1, 0.15) is 43.2 Å². The monoisotopic (exact) mass is 1100 g/mol. The van der Waals surface area contributed by atoms with Crippen molar-refractivity contribution >= 4 is 17.9 Å². The van der Waals surface area contributed by atoms with Gasteiger partial charge in [-0.15, -0.1) is 0 Å². The fourth-order valence-electron chi connectivity index (χ4n) is 9.68. The maximum atomic E-state index is 14.7. The molecule has 0 saturated carbocycles. The molecule has 0 N–H and O–H groups in total. The van der Waals surface area contributed by atoms with E-state index in [1.807, 2.05) is 158 Å². The molecule has 82 heavy (non-hydrogen) atoms. The molecule has 2 heterocycles. The van der Waals surface area contributed by atoms with Gasteiger partial charge in [-0.25, -0.2) is 14.4 Å². The molecule has 10 rings (SSSR count). The van der Waals surface area contributed by atoms with E-state index in [9.17, 15) is 14.4 Å². The molecule has 2 fully saturated rings. The van der Waals surface area contributed by atoms with Gasteiger partial charge in [-0.05, 0) is 64.2 Å². The first-order valence-electron chi connectivity index (χ1n) is 27.4. The van der Waals surface area contributed by atoms with Crippen LogP contribution < -0.4 is 0 Å². The summed E-state index contributed by atoms with van der Waals surface area (Å²) in [5.74, 6) is -2.09. The molecule has 2 aliphatic heterocycles. The van der Waals surface area contributed by atoms with E-state index in [-0.39, 0.29) is 57.4 Å². The molecule has 14 heteroatoms. The highest BCUT2D eigenvalue weighted by Crippen LogP contribution is 2.37. The molecule has 10 atom stereocenters. The Bertz CT molecular complexity index is 3160. The van der Waals surface area contributed by atoms with Gasteiger partial charge in [-0.1, -0.05) is 206 Å². The summed E-state index contributed by atoms with van der Waals surface area (Å²) in [6.07, 6.45) is -12.5. The molecule has 2 aliphatic rings. The van der Waals surface area contributed by atoms with E-state index in [0.29, 0.717) is 5.56 Å². The zero-order chi connectivity index (χ0) is 56.1. The van der Waals surface area contributed by atoms with E-state index in [4.69, 9.17) is 52.1 Å². The standard InChI is InChI=1S/C68H64O14/c69-64(53-35-19-6-20-36-53)76-47-57-58(73-42-49-27-11-2-12-28-49)60(74-43-50-29-13-3-14-30-50)62(75-44-51-31-15-4-16-32-51)68(79-57)82-59-56(46-72-41-48-25-9-1-10-26-48)78-67(77-45-52-33-17-5-18-34-52)63(81-66(71)55-39-23-8-24-40-55)61(59)80-65(70)54-37-21-7-22-38-54/h1-40,56-63,67-68H,41-47H2/t56-,57-,58-,59-,60+,61+,62+,63+,67+,68-/m1/s1. The first-order valence-corrected chi connectivity index (χ1v) is 27.4. The number of benzene rings is 8. The maximum absolute atomic E-state index is 14.7. The van der Waals surface area contributed by atoms with Gasteiger partial charge in [-0.3, -0.25) is 0 Å². The van der Waals surface area contributed by atoms with Crippen LogP contribution in [0.3, 0.4) is 0 Å². The second-order valence-corrected chi connectivity index (χ2v) is 19.7.